The Labute approximate surface area is 103 Å². The summed E-state index contributed by atoms with van der Waals surface area (Å²) in [5, 5.41) is 3.48. The number of thiophene rings is 1. The Morgan fingerprint density at radius 3 is 3.00 bits per heavy atom. The van der Waals surface area contributed by atoms with E-state index in [1.54, 1.807) is 0 Å². The molecule has 1 atom stereocenters. The first-order valence-electron chi connectivity index (χ1n) is 6.22. The van der Waals surface area contributed by atoms with E-state index in [0.717, 1.165) is 12.6 Å². The molecule has 1 aliphatic rings. The quantitative estimate of drug-likeness (QED) is 0.871. The van der Waals surface area contributed by atoms with Gasteiger partial charge in [-0.05, 0) is 58.5 Å². The van der Waals surface area contributed by atoms with E-state index in [1.165, 1.54) is 42.1 Å². The summed E-state index contributed by atoms with van der Waals surface area (Å²) in [6, 6.07) is 5.26. The molecule has 1 aliphatic heterocycles. The number of hydrogen-bond acceptors (Lipinski definition) is 3. The molecule has 0 aromatic carbocycles. The zero-order valence-electron chi connectivity index (χ0n) is 10.3. The molecule has 1 N–H and O–H groups in total. The van der Waals surface area contributed by atoms with Crippen LogP contribution in [-0.2, 0) is 6.54 Å². The van der Waals surface area contributed by atoms with Crippen molar-refractivity contribution in [2.75, 3.05) is 20.1 Å². The van der Waals surface area contributed by atoms with Gasteiger partial charge in [0.2, 0.25) is 0 Å². The summed E-state index contributed by atoms with van der Waals surface area (Å²) in [6.07, 6.45) is 3.95. The number of rotatable bonds is 3. The largest absolute Gasteiger partial charge is 0.317 e. The van der Waals surface area contributed by atoms with Crippen LogP contribution < -0.4 is 5.32 Å². The van der Waals surface area contributed by atoms with E-state index in [-0.39, 0.29) is 0 Å². The molecule has 1 aromatic rings. The molecule has 1 fully saturated rings. The van der Waals surface area contributed by atoms with E-state index in [0.29, 0.717) is 0 Å². The highest BCUT2D eigenvalue weighted by Crippen LogP contribution is 2.20. The van der Waals surface area contributed by atoms with Gasteiger partial charge in [-0.15, -0.1) is 11.3 Å². The third kappa shape index (κ3) is 3.30. The fourth-order valence-electron chi connectivity index (χ4n) is 2.39. The molecule has 0 spiro atoms. The Morgan fingerprint density at radius 2 is 2.25 bits per heavy atom. The maximum Gasteiger partial charge on any atom is 0.0327 e. The summed E-state index contributed by atoms with van der Waals surface area (Å²) in [4.78, 5) is 5.45. The fraction of sp³-hybridized carbons (Fsp3) is 0.692. The topological polar surface area (TPSA) is 15.3 Å². The van der Waals surface area contributed by atoms with E-state index in [4.69, 9.17) is 0 Å². The number of hydrogen-bond donors (Lipinski definition) is 1. The van der Waals surface area contributed by atoms with Gasteiger partial charge in [0.15, 0.2) is 0 Å². The average molecular weight is 238 g/mol. The van der Waals surface area contributed by atoms with Crippen molar-refractivity contribution in [3.8, 4) is 0 Å². The van der Waals surface area contributed by atoms with Crippen LogP contribution in [0.4, 0.5) is 0 Å². The minimum absolute atomic E-state index is 0.761. The molecule has 0 aliphatic carbocycles. The molecule has 1 aromatic heterocycles. The Bertz CT molecular complexity index is 313. The van der Waals surface area contributed by atoms with Gasteiger partial charge in [0.25, 0.3) is 0 Å². The van der Waals surface area contributed by atoms with Crippen LogP contribution in [0.25, 0.3) is 0 Å². The molecule has 0 saturated carbocycles. The molecule has 2 rings (SSSR count). The second-order valence-corrected chi connectivity index (χ2v) is 6.13. The fourth-order valence-corrected chi connectivity index (χ4v) is 3.34. The van der Waals surface area contributed by atoms with Gasteiger partial charge in [0.1, 0.15) is 0 Å². The highest BCUT2D eigenvalue weighted by molar-refractivity contribution is 7.11. The normalized spacial score (nSPS) is 22.3. The van der Waals surface area contributed by atoms with E-state index < -0.39 is 0 Å². The zero-order chi connectivity index (χ0) is 11.4. The molecule has 0 amide bonds. The summed E-state index contributed by atoms with van der Waals surface area (Å²) in [6.45, 7) is 5.67. The number of nitrogens with one attached hydrogen (secondary N) is 1. The van der Waals surface area contributed by atoms with Crippen LogP contribution in [0, 0.1) is 6.92 Å². The van der Waals surface area contributed by atoms with Crippen LogP contribution in [0.5, 0.6) is 0 Å². The molecule has 2 nitrogen and oxygen atoms in total. The average Bonchev–Trinajstić information content (AvgIpc) is 2.56. The number of nitrogens with zero attached hydrogens (tertiary/aromatic N) is 1. The van der Waals surface area contributed by atoms with E-state index >= 15 is 0 Å². The van der Waals surface area contributed by atoms with Crippen molar-refractivity contribution in [1.29, 1.82) is 0 Å². The van der Waals surface area contributed by atoms with Crippen molar-refractivity contribution in [2.45, 2.75) is 38.8 Å². The summed E-state index contributed by atoms with van der Waals surface area (Å²) in [5.74, 6) is 0. The summed E-state index contributed by atoms with van der Waals surface area (Å²) >= 11 is 1.93. The van der Waals surface area contributed by atoms with Crippen LogP contribution in [-0.4, -0.2) is 31.1 Å². The first kappa shape index (κ1) is 12.1. The van der Waals surface area contributed by atoms with Crippen molar-refractivity contribution in [3.63, 3.8) is 0 Å². The zero-order valence-corrected chi connectivity index (χ0v) is 11.1. The van der Waals surface area contributed by atoms with Crippen LogP contribution in [0.15, 0.2) is 12.1 Å². The van der Waals surface area contributed by atoms with Gasteiger partial charge >= 0.3 is 0 Å². The van der Waals surface area contributed by atoms with Gasteiger partial charge in [-0.1, -0.05) is 0 Å². The molecule has 90 valence electrons. The van der Waals surface area contributed by atoms with E-state index in [2.05, 4.69) is 36.3 Å². The van der Waals surface area contributed by atoms with Gasteiger partial charge < -0.3 is 5.32 Å². The molecule has 0 radical (unpaired) electrons. The highest BCUT2D eigenvalue weighted by Gasteiger charge is 2.16. The van der Waals surface area contributed by atoms with Crippen LogP contribution in [0.2, 0.25) is 0 Å². The van der Waals surface area contributed by atoms with Gasteiger partial charge in [-0.3, -0.25) is 4.90 Å². The number of aryl methyl sites for hydroxylation is 1. The van der Waals surface area contributed by atoms with Gasteiger partial charge in [-0.2, -0.15) is 0 Å². The minimum Gasteiger partial charge on any atom is -0.317 e. The van der Waals surface area contributed by atoms with Crippen molar-refractivity contribution in [1.82, 2.24) is 10.2 Å². The van der Waals surface area contributed by atoms with Gasteiger partial charge in [0.05, 0.1) is 0 Å². The molecular formula is C13H22N2S. The molecule has 0 bridgehead atoms. The lowest BCUT2D eigenvalue weighted by Gasteiger charge is -2.26. The first-order valence-corrected chi connectivity index (χ1v) is 7.03. The molecule has 1 saturated heterocycles. The standard InChI is InChI=1S/C13H22N2S/c1-11-5-6-13(16-11)10-15(2)12-4-3-8-14-9-7-12/h5-6,12,14H,3-4,7-10H2,1-2H3. The third-order valence-corrected chi connectivity index (χ3v) is 4.36. The van der Waals surface area contributed by atoms with Crippen molar-refractivity contribution in [3.05, 3.63) is 21.9 Å². The van der Waals surface area contributed by atoms with Crippen molar-refractivity contribution in [2.24, 2.45) is 0 Å². The Hall–Kier alpha value is -0.380. The monoisotopic (exact) mass is 238 g/mol. The first-order chi connectivity index (χ1) is 7.75. The Balaban J connectivity index is 1.88. The van der Waals surface area contributed by atoms with Crippen molar-refractivity contribution >= 4 is 11.3 Å². The summed E-state index contributed by atoms with van der Waals surface area (Å²) in [7, 11) is 2.27. The lowest BCUT2D eigenvalue weighted by atomic mass is 10.1. The second-order valence-electron chi connectivity index (χ2n) is 4.76. The summed E-state index contributed by atoms with van der Waals surface area (Å²) in [5.41, 5.74) is 0. The maximum absolute atomic E-state index is 3.48. The van der Waals surface area contributed by atoms with E-state index in [9.17, 15) is 0 Å². The maximum atomic E-state index is 3.48. The lowest BCUT2D eigenvalue weighted by Crippen LogP contribution is -2.31. The molecule has 16 heavy (non-hydrogen) atoms. The van der Waals surface area contributed by atoms with Crippen LogP contribution in [0.1, 0.15) is 29.0 Å². The predicted molar refractivity (Wildman–Crippen MR) is 71.0 cm³/mol. The third-order valence-electron chi connectivity index (χ3n) is 3.37. The molecular weight excluding hydrogens is 216 g/mol. The highest BCUT2D eigenvalue weighted by atomic mass is 32.1. The summed E-state index contributed by atoms with van der Waals surface area (Å²) < 4.78 is 0. The molecule has 2 heterocycles. The Kier molecular flexibility index (Phi) is 4.38. The minimum atomic E-state index is 0.761. The SMILES string of the molecule is Cc1ccc(CN(C)C2CCCNCC2)s1. The van der Waals surface area contributed by atoms with E-state index in [1.807, 2.05) is 11.3 Å². The van der Waals surface area contributed by atoms with Crippen molar-refractivity contribution < 1.29 is 0 Å². The molecule has 1 unspecified atom stereocenters. The van der Waals surface area contributed by atoms with Crippen LogP contribution in [0.3, 0.4) is 0 Å². The van der Waals surface area contributed by atoms with Crippen LogP contribution >= 0.6 is 11.3 Å². The Morgan fingerprint density at radius 1 is 1.38 bits per heavy atom. The predicted octanol–water partition coefficient (Wildman–Crippen LogP) is 2.63. The van der Waals surface area contributed by atoms with Gasteiger partial charge in [-0.25, -0.2) is 0 Å². The van der Waals surface area contributed by atoms with Gasteiger partial charge in [0, 0.05) is 22.3 Å². The molecule has 3 heteroatoms. The lowest BCUT2D eigenvalue weighted by molar-refractivity contribution is 0.218. The smallest absolute Gasteiger partial charge is 0.0327 e. The second kappa shape index (κ2) is 5.80.